The Kier molecular flexibility index (Phi) is 10.5. The van der Waals surface area contributed by atoms with Crippen molar-refractivity contribution in [3.05, 3.63) is 119 Å². The van der Waals surface area contributed by atoms with Crippen LogP contribution in [0.1, 0.15) is 56.0 Å². The lowest BCUT2D eigenvalue weighted by Crippen LogP contribution is -2.27. The molecule has 4 aromatic carbocycles. The molecule has 0 fully saturated rings. The third-order valence-electron chi connectivity index (χ3n) is 7.04. The predicted octanol–water partition coefficient (Wildman–Crippen LogP) is 6.47. The number of carbonyl (C=O) groups excluding carboxylic acids is 3. The van der Waals surface area contributed by atoms with E-state index in [2.05, 4.69) is 26.9 Å². The molecule has 0 unspecified atom stereocenters. The number of benzene rings is 4. The van der Waals surface area contributed by atoms with Gasteiger partial charge in [0, 0.05) is 28.9 Å². The Labute approximate surface area is 266 Å². The first-order valence-electron chi connectivity index (χ1n) is 14.4. The summed E-state index contributed by atoms with van der Waals surface area (Å²) in [5.74, 6) is -1.97. The van der Waals surface area contributed by atoms with Gasteiger partial charge in [0.2, 0.25) is 0 Å². The molecule has 0 aliphatic rings. The van der Waals surface area contributed by atoms with Crippen LogP contribution in [0.25, 0.3) is 28.3 Å². The molecule has 46 heavy (non-hydrogen) atoms. The molecule has 0 aliphatic heterocycles. The van der Waals surface area contributed by atoms with Gasteiger partial charge in [0.25, 0.3) is 11.8 Å². The summed E-state index contributed by atoms with van der Waals surface area (Å²) in [4.78, 5) is 54.1. The number of carboxylic acid groups (broad SMARTS) is 1. The van der Waals surface area contributed by atoms with E-state index >= 15 is 0 Å². The van der Waals surface area contributed by atoms with Gasteiger partial charge >= 0.3 is 12.1 Å². The maximum absolute atomic E-state index is 13.9. The van der Waals surface area contributed by atoms with Gasteiger partial charge in [-0.05, 0) is 76.2 Å². The summed E-state index contributed by atoms with van der Waals surface area (Å²) in [6.45, 7) is 8.14. The summed E-state index contributed by atoms with van der Waals surface area (Å²) in [5.41, 5.74) is 10.1. The molecular weight excluding hydrogens is 584 g/mol. The molecule has 4 aromatic rings. The van der Waals surface area contributed by atoms with Crippen LogP contribution in [-0.2, 0) is 4.74 Å². The number of amides is 3. The number of rotatable bonds is 10. The summed E-state index contributed by atoms with van der Waals surface area (Å²) in [5, 5.41) is 15.8. The number of hydrogen-bond acceptors (Lipinski definition) is 5. The summed E-state index contributed by atoms with van der Waals surface area (Å²) in [6.07, 6.45) is 0.887. The second kappa shape index (κ2) is 14.6. The van der Waals surface area contributed by atoms with Crippen LogP contribution in [0.4, 0.5) is 10.5 Å². The van der Waals surface area contributed by atoms with E-state index in [-0.39, 0.29) is 39.9 Å². The van der Waals surface area contributed by atoms with Crippen molar-refractivity contribution in [2.45, 2.75) is 13.8 Å². The van der Waals surface area contributed by atoms with Gasteiger partial charge in [-0.25, -0.2) is 9.59 Å². The molecule has 0 spiro atoms. The van der Waals surface area contributed by atoms with Crippen molar-refractivity contribution in [2.75, 3.05) is 19.0 Å². The topological polar surface area (TPSA) is 160 Å². The van der Waals surface area contributed by atoms with Gasteiger partial charge in [0.05, 0.1) is 12.7 Å². The highest BCUT2D eigenvalue weighted by molar-refractivity contribution is 6.12. The fourth-order valence-corrected chi connectivity index (χ4v) is 4.59. The number of carboxylic acids is 1. The molecule has 10 nitrogen and oxygen atoms in total. The zero-order chi connectivity index (χ0) is 33.4. The van der Waals surface area contributed by atoms with E-state index in [0.717, 1.165) is 16.7 Å². The Morgan fingerprint density at radius 1 is 0.848 bits per heavy atom. The van der Waals surface area contributed by atoms with E-state index in [1.165, 1.54) is 19.2 Å². The van der Waals surface area contributed by atoms with E-state index in [4.69, 9.17) is 5.73 Å². The average Bonchev–Trinajstić information content (AvgIpc) is 3.06. The van der Waals surface area contributed by atoms with Crippen molar-refractivity contribution in [3.63, 3.8) is 0 Å². The second-order valence-corrected chi connectivity index (χ2v) is 10.8. The Morgan fingerprint density at radius 3 is 2.07 bits per heavy atom. The third kappa shape index (κ3) is 7.92. The van der Waals surface area contributed by atoms with E-state index in [0.29, 0.717) is 23.4 Å². The Bertz CT molecular complexity index is 1830. The maximum Gasteiger partial charge on any atom is 0.435 e. The standard InChI is InChI=1S/C36H34N4O6/c1-5-22-6-8-23(9-7-22)25-12-16-28(29-17-13-26(19-31(29)35(43)44)33(41)38-20-21(2)3)30(18-25)34(42)39-27-14-10-24(11-15-27)32(37)40-36(45)46-4/h5-19,21H,1,20H2,2-4H3,(H,38,41)(H,39,42)(H,43,44)(H2,37,40,45). The zero-order valence-corrected chi connectivity index (χ0v) is 25.7. The number of ether oxygens (including phenoxy) is 1. The molecule has 0 aliphatic carbocycles. The number of hydrogen-bond donors (Lipinski definition) is 4. The van der Waals surface area contributed by atoms with Crippen LogP contribution >= 0.6 is 0 Å². The molecule has 0 saturated heterocycles. The lowest BCUT2D eigenvalue weighted by Gasteiger charge is -2.16. The monoisotopic (exact) mass is 618 g/mol. The van der Waals surface area contributed by atoms with Crippen LogP contribution in [0, 0.1) is 5.92 Å². The SMILES string of the molecule is C=Cc1ccc(-c2ccc(-c3ccc(C(=O)NCC(C)C)cc3C(=O)O)c(C(=O)Nc3ccc(/C(N)=N/C(=O)OC)cc3)c2)cc1. The number of aliphatic imine (C=N–C) groups is 1. The highest BCUT2D eigenvalue weighted by Crippen LogP contribution is 2.33. The summed E-state index contributed by atoms with van der Waals surface area (Å²) in [6, 6.07) is 23.6. The predicted molar refractivity (Wildman–Crippen MR) is 179 cm³/mol. The van der Waals surface area contributed by atoms with Crippen molar-refractivity contribution in [1.29, 1.82) is 0 Å². The minimum absolute atomic E-state index is 0.0512. The first kappa shape index (κ1) is 32.9. The number of aromatic carboxylic acids is 1. The number of nitrogens with one attached hydrogen (secondary N) is 2. The Morgan fingerprint density at radius 2 is 1.46 bits per heavy atom. The highest BCUT2D eigenvalue weighted by atomic mass is 16.5. The van der Waals surface area contributed by atoms with Crippen LogP contribution in [-0.4, -0.2) is 48.5 Å². The van der Waals surface area contributed by atoms with Gasteiger partial charge in [-0.15, -0.1) is 0 Å². The number of carbonyl (C=O) groups is 4. The molecule has 234 valence electrons. The molecule has 3 amide bonds. The molecule has 4 rings (SSSR count). The van der Waals surface area contributed by atoms with Crippen molar-refractivity contribution in [3.8, 4) is 22.3 Å². The van der Waals surface area contributed by atoms with Crippen molar-refractivity contribution in [2.24, 2.45) is 16.6 Å². The first-order valence-corrected chi connectivity index (χ1v) is 14.4. The molecule has 0 saturated carbocycles. The van der Waals surface area contributed by atoms with Crippen molar-refractivity contribution < 1.29 is 29.0 Å². The van der Waals surface area contributed by atoms with Gasteiger partial charge in [-0.2, -0.15) is 4.99 Å². The van der Waals surface area contributed by atoms with Crippen molar-refractivity contribution in [1.82, 2.24) is 5.32 Å². The van der Waals surface area contributed by atoms with Gasteiger partial charge in [-0.3, -0.25) is 9.59 Å². The van der Waals surface area contributed by atoms with Crippen LogP contribution < -0.4 is 16.4 Å². The zero-order valence-electron chi connectivity index (χ0n) is 25.7. The van der Waals surface area contributed by atoms with E-state index in [1.807, 2.05) is 44.2 Å². The smallest absolute Gasteiger partial charge is 0.435 e. The molecule has 0 aromatic heterocycles. The minimum Gasteiger partial charge on any atom is -0.478 e. The lowest BCUT2D eigenvalue weighted by molar-refractivity contribution is 0.0697. The van der Waals surface area contributed by atoms with Crippen LogP contribution in [0.2, 0.25) is 0 Å². The Balaban J connectivity index is 1.77. The molecule has 0 radical (unpaired) electrons. The number of nitrogens with two attached hydrogens (primary N) is 1. The first-order chi connectivity index (χ1) is 22.0. The van der Waals surface area contributed by atoms with E-state index in [1.54, 1.807) is 48.5 Å². The van der Waals surface area contributed by atoms with E-state index in [9.17, 15) is 24.3 Å². The fraction of sp³-hybridized carbons (Fsp3) is 0.139. The normalized spacial score (nSPS) is 11.1. The van der Waals surface area contributed by atoms with Gasteiger partial charge in [-0.1, -0.05) is 69.0 Å². The molecule has 10 heteroatoms. The highest BCUT2D eigenvalue weighted by Gasteiger charge is 2.21. The lowest BCUT2D eigenvalue weighted by atomic mass is 9.90. The number of amidine groups is 1. The molecule has 0 bridgehead atoms. The summed E-state index contributed by atoms with van der Waals surface area (Å²) < 4.78 is 4.50. The average molecular weight is 619 g/mol. The van der Waals surface area contributed by atoms with E-state index < -0.39 is 18.0 Å². The summed E-state index contributed by atoms with van der Waals surface area (Å²) >= 11 is 0. The largest absolute Gasteiger partial charge is 0.478 e. The number of anilines is 1. The molecule has 0 heterocycles. The molecular formula is C36H34N4O6. The number of nitrogens with zero attached hydrogens (tertiary/aromatic N) is 1. The van der Waals surface area contributed by atoms with Crippen LogP contribution in [0.15, 0.2) is 96.5 Å². The second-order valence-electron chi connectivity index (χ2n) is 10.8. The molecule has 5 N–H and O–H groups in total. The van der Waals surface area contributed by atoms with Gasteiger partial charge in [0.1, 0.15) is 5.84 Å². The van der Waals surface area contributed by atoms with Crippen LogP contribution in [0.5, 0.6) is 0 Å². The fourth-order valence-electron chi connectivity index (χ4n) is 4.59. The van der Waals surface area contributed by atoms with Gasteiger partial charge in [0.15, 0.2) is 0 Å². The Hall–Kier alpha value is -6.03. The maximum atomic E-state index is 13.9. The van der Waals surface area contributed by atoms with Crippen LogP contribution in [0.3, 0.4) is 0 Å². The van der Waals surface area contributed by atoms with Crippen molar-refractivity contribution >= 4 is 41.5 Å². The van der Waals surface area contributed by atoms with Gasteiger partial charge < -0.3 is 26.2 Å². The minimum atomic E-state index is -1.24. The molecule has 0 atom stereocenters. The quantitative estimate of drug-likeness (QED) is 0.117. The number of methoxy groups -OCH3 is 1. The third-order valence-corrected chi connectivity index (χ3v) is 7.04. The summed E-state index contributed by atoms with van der Waals surface area (Å²) in [7, 11) is 1.19.